The molecule has 4 nitrogen and oxygen atoms in total. The summed E-state index contributed by atoms with van der Waals surface area (Å²) in [5, 5.41) is 8.72. The van der Waals surface area contributed by atoms with Gasteiger partial charge in [0.1, 0.15) is 5.82 Å². The van der Waals surface area contributed by atoms with Crippen LogP contribution in [-0.2, 0) is 12.8 Å². The quantitative estimate of drug-likeness (QED) is 0.427. The summed E-state index contributed by atoms with van der Waals surface area (Å²) in [6.45, 7) is 7.08. The molecule has 200 valence electrons. The largest absolute Gasteiger partial charge is 0.347 e. The number of carbonyl (C=O) groups excluding carboxylic acids is 1. The van der Waals surface area contributed by atoms with Crippen LogP contribution < -0.4 is 5.32 Å². The van der Waals surface area contributed by atoms with Gasteiger partial charge in [0.15, 0.2) is 5.69 Å². The van der Waals surface area contributed by atoms with Crippen molar-refractivity contribution in [2.45, 2.75) is 122 Å². The van der Waals surface area contributed by atoms with Gasteiger partial charge in [0.05, 0.1) is 6.04 Å². The standard InChI is InChI=1S/C32H44FN3O/c1-31(2)23-16-17-32(3,20-23)30(31)34-29(37)27-26-15-8-7-11-22(18-21-10-9-12-24(33)19-21)28(26)36(35-27)25-13-5-4-6-14-25/h9-10,12,19,22-23,25,30H,4-8,11,13-18,20H2,1-3H3,(H,34,37)/t22?,23?,30-,32?/m1/s1. The second-order valence-corrected chi connectivity index (χ2v) is 13.5. The Kier molecular flexibility index (Phi) is 6.48. The van der Waals surface area contributed by atoms with Crippen LogP contribution >= 0.6 is 0 Å². The lowest BCUT2D eigenvalue weighted by Gasteiger charge is -2.43. The lowest BCUT2D eigenvalue weighted by molar-refractivity contribution is 0.0731. The molecule has 37 heavy (non-hydrogen) atoms. The highest BCUT2D eigenvalue weighted by Gasteiger charge is 2.59. The number of aromatic nitrogens is 2. The van der Waals surface area contributed by atoms with Crippen molar-refractivity contribution >= 4 is 5.91 Å². The summed E-state index contributed by atoms with van der Waals surface area (Å²) in [7, 11) is 0. The molecule has 0 aliphatic heterocycles. The molecule has 6 rings (SSSR count). The molecule has 3 unspecified atom stereocenters. The van der Waals surface area contributed by atoms with Crippen LogP contribution in [0.1, 0.15) is 131 Å². The number of hydrogen-bond donors (Lipinski definition) is 1. The van der Waals surface area contributed by atoms with E-state index in [1.54, 1.807) is 6.07 Å². The molecular weight excluding hydrogens is 461 g/mol. The highest BCUT2D eigenvalue weighted by atomic mass is 19.1. The van der Waals surface area contributed by atoms with Gasteiger partial charge in [-0.05, 0) is 92.2 Å². The summed E-state index contributed by atoms with van der Waals surface area (Å²) in [6, 6.07) is 7.62. The molecule has 1 aromatic heterocycles. The molecule has 1 aromatic carbocycles. The summed E-state index contributed by atoms with van der Waals surface area (Å²) in [6.07, 6.45) is 14.7. The van der Waals surface area contributed by atoms with Gasteiger partial charge in [-0.2, -0.15) is 5.10 Å². The normalized spacial score (nSPS) is 31.2. The molecule has 4 atom stereocenters. The van der Waals surface area contributed by atoms with Gasteiger partial charge in [0.25, 0.3) is 5.91 Å². The fraction of sp³-hybridized carbons (Fsp3) is 0.688. The van der Waals surface area contributed by atoms with Crippen molar-refractivity contribution in [3.63, 3.8) is 0 Å². The van der Waals surface area contributed by atoms with Crippen LogP contribution in [0.25, 0.3) is 0 Å². The first-order valence-electron chi connectivity index (χ1n) is 14.9. The van der Waals surface area contributed by atoms with Gasteiger partial charge >= 0.3 is 0 Å². The molecule has 2 aromatic rings. The lowest BCUT2D eigenvalue weighted by Crippen LogP contribution is -2.52. The molecule has 3 fully saturated rings. The Morgan fingerprint density at radius 2 is 1.86 bits per heavy atom. The van der Waals surface area contributed by atoms with Gasteiger partial charge in [-0.1, -0.05) is 58.6 Å². The van der Waals surface area contributed by atoms with E-state index in [-0.39, 0.29) is 34.5 Å². The summed E-state index contributed by atoms with van der Waals surface area (Å²) < 4.78 is 16.3. The highest BCUT2D eigenvalue weighted by Crippen LogP contribution is 2.62. The topological polar surface area (TPSA) is 46.9 Å². The first-order valence-corrected chi connectivity index (χ1v) is 14.9. The van der Waals surface area contributed by atoms with E-state index in [4.69, 9.17) is 5.10 Å². The van der Waals surface area contributed by atoms with Crippen molar-refractivity contribution in [1.29, 1.82) is 0 Å². The first-order chi connectivity index (χ1) is 17.8. The Morgan fingerprint density at radius 1 is 1.08 bits per heavy atom. The maximum Gasteiger partial charge on any atom is 0.272 e. The number of rotatable bonds is 5. The summed E-state index contributed by atoms with van der Waals surface area (Å²) in [5.74, 6) is 0.820. The van der Waals surface area contributed by atoms with E-state index < -0.39 is 0 Å². The monoisotopic (exact) mass is 505 g/mol. The van der Waals surface area contributed by atoms with Gasteiger partial charge in [0, 0.05) is 23.2 Å². The Balaban J connectivity index is 1.37. The van der Waals surface area contributed by atoms with Gasteiger partial charge in [-0.25, -0.2) is 4.39 Å². The molecule has 1 N–H and O–H groups in total. The van der Waals surface area contributed by atoms with Gasteiger partial charge < -0.3 is 5.32 Å². The molecule has 1 amide bonds. The van der Waals surface area contributed by atoms with Gasteiger partial charge in [-0.3, -0.25) is 9.48 Å². The average Bonchev–Trinajstić information content (AvgIpc) is 3.46. The zero-order valence-electron chi connectivity index (χ0n) is 23.0. The minimum Gasteiger partial charge on any atom is -0.347 e. The molecule has 3 saturated carbocycles. The number of nitrogens with one attached hydrogen (secondary N) is 1. The number of halogens is 1. The Morgan fingerprint density at radius 3 is 2.59 bits per heavy atom. The second-order valence-electron chi connectivity index (χ2n) is 13.5. The van der Waals surface area contributed by atoms with E-state index in [1.165, 1.54) is 55.8 Å². The minimum absolute atomic E-state index is 0.0315. The van der Waals surface area contributed by atoms with E-state index in [2.05, 4.69) is 30.8 Å². The van der Waals surface area contributed by atoms with Crippen LogP contribution in [0.4, 0.5) is 4.39 Å². The third-order valence-corrected chi connectivity index (χ3v) is 10.7. The third-order valence-electron chi connectivity index (χ3n) is 10.7. The molecule has 0 radical (unpaired) electrons. The average molecular weight is 506 g/mol. The third kappa shape index (κ3) is 4.44. The van der Waals surface area contributed by atoms with Crippen LogP contribution in [0.15, 0.2) is 24.3 Å². The van der Waals surface area contributed by atoms with E-state index in [0.29, 0.717) is 17.7 Å². The van der Waals surface area contributed by atoms with Crippen LogP contribution in [0.2, 0.25) is 0 Å². The van der Waals surface area contributed by atoms with Crippen LogP contribution in [0, 0.1) is 22.6 Å². The predicted molar refractivity (Wildman–Crippen MR) is 145 cm³/mol. The molecule has 4 aliphatic carbocycles. The first kappa shape index (κ1) is 25.1. The molecule has 0 saturated heterocycles. The molecule has 4 aliphatic rings. The molecular formula is C32H44FN3O. The maximum absolute atomic E-state index is 14.1. The number of fused-ring (bicyclic) bond motifs is 3. The number of nitrogens with zero attached hydrogens (tertiary/aromatic N) is 2. The number of carbonyl (C=O) groups is 1. The molecule has 0 spiro atoms. The lowest BCUT2D eigenvalue weighted by atomic mass is 9.68. The van der Waals surface area contributed by atoms with Crippen molar-refractivity contribution in [2.24, 2.45) is 16.7 Å². The van der Waals surface area contributed by atoms with E-state index >= 15 is 0 Å². The fourth-order valence-electron chi connectivity index (χ4n) is 8.79. The van der Waals surface area contributed by atoms with Gasteiger partial charge in [0.2, 0.25) is 0 Å². The Labute approximate surface area is 221 Å². The minimum atomic E-state index is -0.172. The molecule has 5 heteroatoms. The van der Waals surface area contributed by atoms with Crippen molar-refractivity contribution < 1.29 is 9.18 Å². The summed E-state index contributed by atoms with van der Waals surface area (Å²) in [5.41, 5.74) is 4.47. The van der Waals surface area contributed by atoms with Crippen LogP contribution in [0.5, 0.6) is 0 Å². The molecule has 1 heterocycles. The van der Waals surface area contributed by atoms with Crippen LogP contribution in [0.3, 0.4) is 0 Å². The molecule has 2 bridgehead atoms. The summed E-state index contributed by atoms with van der Waals surface area (Å²) >= 11 is 0. The smallest absolute Gasteiger partial charge is 0.272 e. The summed E-state index contributed by atoms with van der Waals surface area (Å²) in [4.78, 5) is 14.1. The zero-order valence-corrected chi connectivity index (χ0v) is 23.0. The number of hydrogen-bond acceptors (Lipinski definition) is 2. The van der Waals surface area contributed by atoms with Crippen molar-refractivity contribution in [2.75, 3.05) is 0 Å². The van der Waals surface area contributed by atoms with Crippen molar-refractivity contribution in [1.82, 2.24) is 15.1 Å². The zero-order chi connectivity index (χ0) is 25.8. The SMILES string of the molecule is CC12CCC(C1)C(C)(C)[C@H]2NC(=O)c1nn(C2CCCCC2)c2c1CCCCC2Cc1cccc(F)c1. The van der Waals surface area contributed by atoms with Crippen molar-refractivity contribution in [3.05, 3.63) is 52.6 Å². The van der Waals surface area contributed by atoms with Gasteiger partial charge in [-0.15, -0.1) is 0 Å². The fourth-order valence-corrected chi connectivity index (χ4v) is 8.79. The second kappa shape index (κ2) is 9.54. The van der Waals surface area contributed by atoms with Crippen LogP contribution in [-0.4, -0.2) is 21.7 Å². The number of amides is 1. The Hall–Kier alpha value is -2.17. The Bertz CT molecular complexity index is 1160. The van der Waals surface area contributed by atoms with E-state index in [1.807, 2.05) is 12.1 Å². The van der Waals surface area contributed by atoms with E-state index in [9.17, 15) is 9.18 Å². The maximum atomic E-state index is 14.1. The van der Waals surface area contributed by atoms with E-state index in [0.717, 1.165) is 50.5 Å². The predicted octanol–water partition coefficient (Wildman–Crippen LogP) is 7.52. The van der Waals surface area contributed by atoms with Crippen molar-refractivity contribution in [3.8, 4) is 0 Å². The highest BCUT2D eigenvalue weighted by molar-refractivity contribution is 5.94. The number of benzene rings is 1.